The van der Waals surface area contributed by atoms with E-state index in [0.717, 1.165) is 0 Å². The Hall–Kier alpha value is -0.620. The monoisotopic (exact) mass is 268 g/mol. The summed E-state index contributed by atoms with van der Waals surface area (Å²) in [6.45, 7) is 5.13. The van der Waals surface area contributed by atoms with Gasteiger partial charge < -0.3 is 24.1 Å². The van der Waals surface area contributed by atoms with E-state index in [1.807, 2.05) is 13.0 Å². The van der Waals surface area contributed by atoms with Crippen molar-refractivity contribution in [2.45, 2.75) is 56.4 Å². The molecule has 3 aliphatic heterocycles. The first-order chi connectivity index (χ1) is 8.95. The molecule has 1 N–H and O–H groups in total. The zero-order valence-electron chi connectivity index (χ0n) is 11.3. The minimum Gasteiger partial charge on any atom is -0.473 e. The summed E-state index contributed by atoms with van der Waals surface area (Å²) in [5.41, 5.74) is -2.20. The van der Waals surface area contributed by atoms with E-state index in [0.29, 0.717) is 32.5 Å². The lowest BCUT2D eigenvalue weighted by molar-refractivity contribution is -0.327. The highest BCUT2D eigenvalue weighted by Gasteiger charge is 2.77. The predicted molar refractivity (Wildman–Crippen MR) is 65.0 cm³/mol. The molecule has 1 aliphatic carbocycles. The third-order valence-corrected chi connectivity index (χ3v) is 5.58. The second-order valence-electron chi connectivity index (χ2n) is 6.48. The van der Waals surface area contributed by atoms with Gasteiger partial charge in [-0.1, -0.05) is 6.92 Å². The van der Waals surface area contributed by atoms with Crippen LogP contribution in [0.2, 0.25) is 0 Å². The second kappa shape index (κ2) is 3.34. The maximum atomic E-state index is 10.9. The quantitative estimate of drug-likeness (QED) is 0.718. The van der Waals surface area contributed by atoms with Crippen molar-refractivity contribution < 1.29 is 24.1 Å². The van der Waals surface area contributed by atoms with Crippen LogP contribution in [0.5, 0.6) is 0 Å². The van der Waals surface area contributed by atoms with E-state index in [4.69, 9.17) is 18.9 Å². The van der Waals surface area contributed by atoms with Crippen molar-refractivity contribution >= 4 is 0 Å². The summed E-state index contributed by atoms with van der Waals surface area (Å²) in [5, 5.41) is 10.9. The third kappa shape index (κ3) is 1.17. The Kier molecular flexibility index (Phi) is 2.13. The van der Waals surface area contributed by atoms with E-state index in [9.17, 15) is 5.11 Å². The Labute approximate surface area is 112 Å². The van der Waals surface area contributed by atoms with Crippen LogP contribution in [0.3, 0.4) is 0 Å². The SMILES string of the molecule is C[C@]1(O)CCC2(OCCO2)[C@@]2(C)C[C@@H]3OC=C[C@]12O3. The Morgan fingerprint density at radius 2 is 1.89 bits per heavy atom. The molecule has 0 unspecified atom stereocenters. The topological polar surface area (TPSA) is 57.2 Å². The first-order valence-electron chi connectivity index (χ1n) is 6.96. The smallest absolute Gasteiger partial charge is 0.200 e. The highest BCUT2D eigenvalue weighted by molar-refractivity contribution is 5.29. The van der Waals surface area contributed by atoms with Gasteiger partial charge in [0.05, 0.1) is 30.5 Å². The van der Waals surface area contributed by atoms with Crippen molar-refractivity contribution in [3.8, 4) is 0 Å². The summed E-state index contributed by atoms with van der Waals surface area (Å²) in [4.78, 5) is 0. The molecule has 2 bridgehead atoms. The molecule has 106 valence electrons. The maximum absolute atomic E-state index is 10.9. The van der Waals surface area contributed by atoms with Crippen LogP contribution in [0, 0.1) is 5.41 Å². The van der Waals surface area contributed by atoms with Gasteiger partial charge in [0, 0.05) is 12.8 Å². The molecule has 2 saturated heterocycles. The van der Waals surface area contributed by atoms with E-state index >= 15 is 0 Å². The van der Waals surface area contributed by atoms with Crippen LogP contribution in [0.4, 0.5) is 0 Å². The molecule has 0 amide bonds. The summed E-state index contributed by atoms with van der Waals surface area (Å²) in [6.07, 6.45) is 5.10. The number of fused-ring (bicyclic) bond motifs is 2. The van der Waals surface area contributed by atoms with E-state index in [1.54, 1.807) is 6.26 Å². The van der Waals surface area contributed by atoms with Crippen molar-refractivity contribution in [3.05, 3.63) is 12.3 Å². The Morgan fingerprint density at radius 3 is 2.63 bits per heavy atom. The summed E-state index contributed by atoms with van der Waals surface area (Å²) < 4.78 is 23.6. The molecule has 0 aromatic heterocycles. The molecule has 3 heterocycles. The number of rotatable bonds is 0. The fourth-order valence-corrected chi connectivity index (χ4v) is 4.51. The van der Waals surface area contributed by atoms with Crippen LogP contribution < -0.4 is 0 Å². The average Bonchev–Trinajstić information content (AvgIpc) is 2.92. The van der Waals surface area contributed by atoms with Crippen LogP contribution in [0.1, 0.15) is 33.1 Å². The van der Waals surface area contributed by atoms with E-state index in [1.165, 1.54) is 0 Å². The Balaban J connectivity index is 1.90. The van der Waals surface area contributed by atoms with Crippen LogP contribution in [0.15, 0.2) is 12.3 Å². The average molecular weight is 268 g/mol. The number of aliphatic hydroxyl groups is 1. The molecule has 1 saturated carbocycles. The predicted octanol–water partition coefficient (Wildman–Crippen LogP) is 1.31. The minimum atomic E-state index is -0.947. The van der Waals surface area contributed by atoms with Crippen molar-refractivity contribution in [2.75, 3.05) is 13.2 Å². The van der Waals surface area contributed by atoms with Gasteiger partial charge in [-0.05, 0) is 19.4 Å². The molecule has 3 fully saturated rings. The van der Waals surface area contributed by atoms with Crippen molar-refractivity contribution in [1.29, 1.82) is 0 Å². The molecule has 5 nitrogen and oxygen atoms in total. The van der Waals surface area contributed by atoms with Gasteiger partial charge in [-0.25, -0.2) is 0 Å². The molecule has 2 spiro atoms. The van der Waals surface area contributed by atoms with Crippen molar-refractivity contribution in [3.63, 3.8) is 0 Å². The molecule has 0 aromatic carbocycles. The lowest BCUT2D eigenvalue weighted by Gasteiger charge is -2.59. The molecule has 4 rings (SSSR count). The van der Waals surface area contributed by atoms with Gasteiger partial charge in [0.2, 0.25) is 6.29 Å². The molecular formula is C14H20O5. The molecule has 0 aromatic rings. The normalized spacial score (nSPS) is 54.2. The first-order valence-corrected chi connectivity index (χ1v) is 6.96. The maximum Gasteiger partial charge on any atom is 0.200 e. The molecule has 19 heavy (non-hydrogen) atoms. The van der Waals surface area contributed by atoms with Crippen LogP contribution in [-0.2, 0) is 18.9 Å². The van der Waals surface area contributed by atoms with Gasteiger partial charge >= 0.3 is 0 Å². The van der Waals surface area contributed by atoms with Crippen LogP contribution >= 0.6 is 0 Å². The Bertz CT molecular complexity index is 439. The summed E-state index contributed by atoms with van der Waals surface area (Å²) in [7, 11) is 0. The van der Waals surface area contributed by atoms with Gasteiger partial charge in [0.15, 0.2) is 5.79 Å². The lowest BCUT2D eigenvalue weighted by Crippen LogP contribution is -2.71. The zero-order valence-corrected chi connectivity index (χ0v) is 11.3. The summed E-state index contributed by atoms with van der Waals surface area (Å²) in [6, 6.07) is 0. The third-order valence-electron chi connectivity index (χ3n) is 5.58. The van der Waals surface area contributed by atoms with Crippen LogP contribution in [-0.4, -0.2) is 41.6 Å². The largest absolute Gasteiger partial charge is 0.473 e. The van der Waals surface area contributed by atoms with Gasteiger partial charge in [-0.15, -0.1) is 0 Å². The van der Waals surface area contributed by atoms with Gasteiger partial charge in [-0.2, -0.15) is 0 Å². The van der Waals surface area contributed by atoms with Gasteiger partial charge in [0.25, 0.3) is 0 Å². The number of ether oxygens (including phenoxy) is 4. The number of hydrogen-bond donors (Lipinski definition) is 1. The lowest BCUT2D eigenvalue weighted by atomic mass is 9.54. The van der Waals surface area contributed by atoms with Crippen LogP contribution in [0.25, 0.3) is 0 Å². The fourth-order valence-electron chi connectivity index (χ4n) is 4.51. The van der Waals surface area contributed by atoms with Gasteiger partial charge in [-0.3, -0.25) is 0 Å². The molecular weight excluding hydrogens is 248 g/mol. The first kappa shape index (κ1) is 12.1. The standard InChI is InChI=1S/C14H20O5/c1-11-9-10-16-6-5-13(11,19-10)12(2,15)3-4-14(11)17-7-8-18-14/h5-6,10,15H,3-4,7-9H2,1-2H3/t10-,11+,12+,13-/m1/s1. The van der Waals surface area contributed by atoms with E-state index in [2.05, 4.69) is 6.92 Å². The number of hydrogen-bond acceptors (Lipinski definition) is 5. The van der Waals surface area contributed by atoms with Crippen molar-refractivity contribution in [2.24, 2.45) is 5.41 Å². The molecule has 4 atom stereocenters. The summed E-state index contributed by atoms with van der Waals surface area (Å²) >= 11 is 0. The van der Waals surface area contributed by atoms with E-state index in [-0.39, 0.29) is 6.29 Å². The zero-order chi connectivity index (χ0) is 13.4. The fraction of sp³-hybridized carbons (Fsp3) is 0.857. The molecule has 4 aliphatic rings. The second-order valence-corrected chi connectivity index (χ2v) is 6.48. The van der Waals surface area contributed by atoms with E-state index < -0.39 is 22.4 Å². The Morgan fingerprint density at radius 1 is 1.16 bits per heavy atom. The summed E-state index contributed by atoms with van der Waals surface area (Å²) in [5.74, 6) is -0.665. The molecule has 0 radical (unpaired) electrons. The molecule has 5 heteroatoms. The minimum absolute atomic E-state index is 0.329. The highest BCUT2D eigenvalue weighted by Crippen LogP contribution is 2.66. The highest BCUT2D eigenvalue weighted by atomic mass is 16.8. The van der Waals surface area contributed by atoms with Crippen molar-refractivity contribution in [1.82, 2.24) is 0 Å². The van der Waals surface area contributed by atoms with Gasteiger partial charge in [0.1, 0.15) is 5.60 Å².